The van der Waals surface area contributed by atoms with Crippen LogP contribution < -0.4 is 10.6 Å². The van der Waals surface area contributed by atoms with Crippen molar-refractivity contribution in [1.82, 2.24) is 5.32 Å². The van der Waals surface area contributed by atoms with E-state index in [1.54, 1.807) is 0 Å². The van der Waals surface area contributed by atoms with Gasteiger partial charge in [0.15, 0.2) is 0 Å². The van der Waals surface area contributed by atoms with E-state index in [0.29, 0.717) is 18.9 Å². The van der Waals surface area contributed by atoms with Gasteiger partial charge in [0.2, 0.25) is 0 Å². The van der Waals surface area contributed by atoms with Gasteiger partial charge >= 0.3 is 12.0 Å². The van der Waals surface area contributed by atoms with E-state index in [-0.39, 0.29) is 22.2 Å². The van der Waals surface area contributed by atoms with Crippen molar-refractivity contribution in [3.05, 3.63) is 28.8 Å². The Bertz CT molecular complexity index is 541. The lowest BCUT2D eigenvalue weighted by molar-refractivity contribution is 0.0697. The molecule has 0 spiro atoms. The third-order valence-corrected chi connectivity index (χ3v) is 3.40. The first-order valence-corrected chi connectivity index (χ1v) is 6.47. The summed E-state index contributed by atoms with van der Waals surface area (Å²) in [6, 6.07) is 3.86. The van der Waals surface area contributed by atoms with Gasteiger partial charge in [-0.15, -0.1) is 0 Å². The Hall–Kier alpha value is -1.79. The third kappa shape index (κ3) is 3.40. The highest BCUT2D eigenvalue weighted by atomic mass is 35.5. The monoisotopic (exact) mass is 298 g/mol. The number of halogens is 1. The Balaban J connectivity index is 2.01. The van der Waals surface area contributed by atoms with Crippen molar-refractivity contribution in [2.75, 3.05) is 18.5 Å². The number of hydrogen-bond acceptors (Lipinski definition) is 3. The van der Waals surface area contributed by atoms with Gasteiger partial charge in [-0.2, -0.15) is 0 Å². The number of anilines is 1. The van der Waals surface area contributed by atoms with Gasteiger partial charge in [-0.05, 0) is 31.5 Å². The van der Waals surface area contributed by atoms with Crippen LogP contribution in [0.5, 0.6) is 0 Å². The molecule has 1 aliphatic heterocycles. The van der Waals surface area contributed by atoms with Gasteiger partial charge in [0.05, 0.1) is 22.7 Å². The number of rotatable bonds is 3. The largest absolute Gasteiger partial charge is 0.478 e. The van der Waals surface area contributed by atoms with Gasteiger partial charge in [0.1, 0.15) is 0 Å². The highest BCUT2D eigenvalue weighted by molar-refractivity contribution is 6.33. The molecule has 1 heterocycles. The van der Waals surface area contributed by atoms with Crippen molar-refractivity contribution in [3.8, 4) is 0 Å². The molecule has 0 radical (unpaired) electrons. The first-order chi connectivity index (χ1) is 9.39. The first kappa shape index (κ1) is 14.6. The maximum atomic E-state index is 11.9. The zero-order valence-electron chi connectivity index (χ0n) is 10.9. The maximum Gasteiger partial charge on any atom is 0.337 e. The second-order valence-corrected chi connectivity index (χ2v) is 5.35. The standard InChI is InChI=1S/C13H15ClN2O4/c1-13(4-5-20-7-13)16-12(19)15-8-2-3-9(11(17)18)10(14)6-8/h2-3,6H,4-5,7H2,1H3,(H,17,18)(H2,15,16,19). The average molecular weight is 299 g/mol. The van der Waals surface area contributed by atoms with Crippen LogP contribution in [-0.4, -0.2) is 35.9 Å². The van der Waals surface area contributed by atoms with Gasteiger partial charge in [0.25, 0.3) is 0 Å². The number of carbonyl (C=O) groups excluding carboxylic acids is 1. The summed E-state index contributed by atoms with van der Waals surface area (Å²) in [6.07, 6.45) is 0.749. The molecule has 0 aromatic heterocycles. The van der Waals surface area contributed by atoms with Gasteiger partial charge in [-0.3, -0.25) is 0 Å². The molecule has 2 rings (SSSR count). The van der Waals surface area contributed by atoms with Gasteiger partial charge in [-0.25, -0.2) is 9.59 Å². The van der Waals surface area contributed by atoms with E-state index in [2.05, 4.69) is 10.6 Å². The van der Waals surface area contributed by atoms with E-state index in [0.717, 1.165) is 6.42 Å². The minimum absolute atomic E-state index is 0.00576. The quantitative estimate of drug-likeness (QED) is 0.799. The van der Waals surface area contributed by atoms with E-state index in [9.17, 15) is 9.59 Å². The third-order valence-electron chi connectivity index (χ3n) is 3.09. The van der Waals surface area contributed by atoms with E-state index >= 15 is 0 Å². The molecule has 1 aromatic rings. The van der Waals surface area contributed by atoms with Crippen LogP contribution in [0.4, 0.5) is 10.5 Å². The van der Waals surface area contributed by atoms with E-state index in [1.807, 2.05) is 6.92 Å². The fourth-order valence-electron chi connectivity index (χ4n) is 1.97. The molecule has 6 nitrogen and oxygen atoms in total. The molecule has 1 unspecified atom stereocenters. The molecule has 0 aliphatic carbocycles. The fourth-order valence-corrected chi connectivity index (χ4v) is 2.23. The molecular formula is C13H15ClN2O4. The minimum atomic E-state index is -1.11. The lowest BCUT2D eigenvalue weighted by Gasteiger charge is -2.23. The van der Waals surface area contributed by atoms with Crippen molar-refractivity contribution in [2.24, 2.45) is 0 Å². The van der Waals surface area contributed by atoms with Gasteiger partial charge in [-0.1, -0.05) is 11.6 Å². The molecule has 108 valence electrons. The summed E-state index contributed by atoms with van der Waals surface area (Å²) >= 11 is 5.83. The number of urea groups is 1. The molecule has 7 heteroatoms. The molecule has 3 N–H and O–H groups in total. The van der Waals surface area contributed by atoms with Gasteiger partial charge < -0.3 is 20.5 Å². The lowest BCUT2D eigenvalue weighted by Crippen LogP contribution is -2.48. The number of carbonyl (C=O) groups is 2. The smallest absolute Gasteiger partial charge is 0.337 e. The molecule has 0 saturated carbocycles. The Morgan fingerprint density at radius 3 is 2.75 bits per heavy atom. The Morgan fingerprint density at radius 2 is 2.20 bits per heavy atom. The minimum Gasteiger partial charge on any atom is -0.478 e. The number of aromatic carboxylic acids is 1. The zero-order valence-corrected chi connectivity index (χ0v) is 11.7. The van der Waals surface area contributed by atoms with Crippen molar-refractivity contribution >= 4 is 29.3 Å². The molecule has 0 bridgehead atoms. The molecule has 1 aliphatic rings. The highest BCUT2D eigenvalue weighted by Gasteiger charge is 2.31. The Morgan fingerprint density at radius 1 is 1.45 bits per heavy atom. The lowest BCUT2D eigenvalue weighted by atomic mass is 10.0. The SMILES string of the molecule is CC1(NC(=O)Nc2ccc(C(=O)O)c(Cl)c2)CCOC1. The summed E-state index contributed by atoms with van der Waals surface area (Å²) in [4.78, 5) is 22.7. The molecule has 20 heavy (non-hydrogen) atoms. The Kier molecular flexibility index (Phi) is 4.15. The number of carboxylic acid groups (broad SMARTS) is 1. The van der Waals surface area contributed by atoms with Crippen LogP contribution in [0.3, 0.4) is 0 Å². The highest BCUT2D eigenvalue weighted by Crippen LogP contribution is 2.22. The van der Waals surface area contributed by atoms with Crippen LogP contribution in [0, 0.1) is 0 Å². The van der Waals surface area contributed by atoms with Crippen LogP contribution in [0.1, 0.15) is 23.7 Å². The molecule has 1 fully saturated rings. The van der Waals surface area contributed by atoms with Crippen molar-refractivity contribution in [1.29, 1.82) is 0 Å². The summed E-state index contributed by atoms with van der Waals surface area (Å²) in [7, 11) is 0. The van der Waals surface area contributed by atoms with E-state index in [4.69, 9.17) is 21.4 Å². The number of carboxylic acids is 1. The van der Waals surface area contributed by atoms with Crippen molar-refractivity contribution in [3.63, 3.8) is 0 Å². The summed E-state index contributed by atoms with van der Waals surface area (Å²) in [5, 5.41) is 14.4. The van der Waals surface area contributed by atoms with E-state index < -0.39 is 5.97 Å². The van der Waals surface area contributed by atoms with Crippen LogP contribution in [-0.2, 0) is 4.74 Å². The average Bonchev–Trinajstić information content (AvgIpc) is 2.74. The van der Waals surface area contributed by atoms with Gasteiger partial charge in [0, 0.05) is 12.3 Å². The molecule has 2 amide bonds. The van der Waals surface area contributed by atoms with Crippen molar-refractivity contribution < 1.29 is 19.4 Å². The molecule has 1 aromatic carbocycles. The second kappa shape index (κ2) is 5.68. The van der Waals surface area contributed by atoms with E-state index in [1.165, 1.54) is 18.2 Å². The zero-order chi connectivity index (χ0) is 14.8. The van der Waals surface area contributed by atoms with Crippen molar-refractivity contribution in [2.45, 2.75) is 18.9 Å². The number of nitrogens with one attached hydrogen (secondary N) is 2. The molecule has 1 saturated heterocycles. The number of ether oxygens (including phenoxy) is 1. The number of hydrogen-bond donors (Lipinski definition) is 3. The van der Waals surface area contributed by atoms with Crippen LogP contribution >= 0.6 is 11.6 Å². The summed E-state index contributed by atoms with van der Waals surface area (Å²) in [5.74, 6) is -1.11. The van der Waals surface area contributed by atoms with Crippen LogP contribution in [0.15, 0.2) is 18.2 Å². The first-order valence-electron chi connectivity index (χ1n) is 6.09. The maximum absolute atomic E-state index is 11.9. The summed E-state index contributed by atoms with van der Waals surface area (Å²) < 4.78 is 5.24. The predicted octanol–water partition coefficient (Wildman–Crippen LogP) is 2.34. The van der Waals surface area contributed by atoms with Crippen LogP contribution in [0.25, 0.3) is 0 Å². The molecule has 1 atom stereocenters. The number of benzene rings is 1. The fraction of sp³-hybridized carbons (Fsp3) is 0.385. The predicted molar refractivity (Wildman–Crippen MR) is 74.4 cm³/mol. The number of amides is 2. The normalized spacial score (nSPS) is 21.5. The van der Waals surface area contributed by atoms with Crippen LogP contribution in [0.2, 0.25) is 5.02 Å². The molecular weight excluding hydrogens is 284 g/mol. The Labute approximate surface area is 121 Å². The topological polar surface area (TPSA) is 87.7 Å². The summed E-state index contributed by atoms with van der Waals surface area (Å²) in [5.41, 5.74) is 0.0447. The summed E-state index contributed by atoms with van der Waals surface area (Å²) in [6.45, 7) is 3.00. The second-order valence-electron chi connectivity index (χ2n) is 4.94.